The molecule has 3 heterocycles. The normalized spacial score (nSPS) is 32.5. The van der Waals surface area contributed by atoms with Crippen LogP contribution in [0, 0.1) is 11.8 Å². The van der Waals surface area contributed by atoms with E-state index in [1.165, 1.54) is 25.7 Å². The summed E-state index contributed by atoms with van der Waals surface area (Å²) in [6, 6.07) is 7.90. The molecule has 3 aliphatic heterocycles. The molecule has 0 spiro atoms. The van der Waals surface area contributed by atoms with Crippen LogP contribution in [-0.4, -0.2) is 59.8 Å². The van der Waals surface area contributed by atoms with E-state index in [1.807, 2.05) is 12.1 Å². The fourth-order valence-electron chi connectivity index (χ4n) is 5.47. The molecule has 6 heteroatoms. The number of likely N-dealkylation sites (tertiary alicyclic amines) is 1. The third-order valence-electron chi connectivity index (χ3n) is 6.47. The lowest BCUT2D eigenvalue weighted by Gasteiger charge is -2.56. The molecular formula is C20H28F2N2O2. The number of fused-ring (bicyclic) bond motifs is 4. The Morgan fingerprint density at radius 1 is 1.15 bits per heavy atom. The molecule has 1 N–H and O–H groups in total. The largest absolute Gasteiger partial charge is 0.434 e. The second kappa shape index (κ2) is 7.79. The molecule has 3 saturated heterocycles. The molecule has 1 aromatic rings. The molecule has 0 unspecified atom stereocenters. The Morgan fingerprint density at radius 3 is 2.77 bits per heavy atom. The number of hydrogen-bond donors (Lipinski definition) is 1. The molecule has 4 nitrogen and oxygen atoms in total. The summed E-state index contributed by atoms with van der Waals surface area (Å²) in [6.45, 7) is 1.06. The molecule has 4 atom stereocenters. The van der Waals surface area contributed by atoms with Crippen molar-refractivity contribution in [3.05, 3.63) is 29.8 Å². The highest BCUT2D eigenvalue weighted by Gasteiger charge is 2.46. The quantitative estimate of drug-likeness (QED) is 0.869. The minimum atomic E-state index is -2.80. The summed E-state index contributed by atoms with van der Waals surface area (Å²) in [5.74, 6) is 1.34. The van der Waals surface area contributed by atoms with Gasteiger partial charge in [-0.15, -0.1) is 0 Å². The number of halogens is 2. The summed E-state index contributed by atoms with van der Waals surface area (Å²) in [5, 5.41) is 10.00. The van der Waals surface area contributed by atoms with Gasteiger partial charge in [0.15, 0.2) is 0 Å². The van der Waals surface area contributed by atoms with Crippen molar-refractivity contribution in [1.29, 1.82) is 0 Å². The first kappa shape index (κ1) is 18.1. The smallest absolute Gasteiger partial charge is 0.387 e. The maximum Gasteiger partial charge on any atom is 0.387 e. The minimum Gasteiger partial charge on any atom is -0.434 e. The number of benzene rings is 1. The third-order valence-corrected chi connectivity index (χ3v) is 6.47. The van der Waals surface area contributed by atoms with Crippen LogP contribution >= 0.6 is 0 Å². The summed E-state index contributed by atoms with van der Waals surface area (Å²) >= 11 is 0. The highest BCUT2D eigenvalue weighted by molar-refractivity contribution is 5.33. The van der Waals surface area contributed by atoms with E-state index < -0.39 is 6.61 Å². The molecule has 0 aliphatic carbocycles. The van der Waals surface area contributed by atoms with E-state index in [0.29, 0.717) is 24.4 Å². The van der Waals surface area contributed by atoms with Crippen LogP contribution in [0.5, 0.6) is 5.75 Å². The Bertz CT molecular complexity index is 601. The topological polar surface area (TPSA) is 35.9 Å². The van der Waals surface area contributed by atoms with E-state index in [9.17, 15) is 13.9 Å². The minimum absolute atomic E-state index is 0.215. The Labute approximate surface area is 153 Å². The number of para-hydroxylation sites is 1. The van der Waals surface area contributed by atoms with Gasteiger partial charge in [-0.25, -0.2) is 0 Å². The van der Waals surface area contributed by atoms with Crippen LogP contribution in [-0.2, 0) is 6.54 Å². The lowest BCUT2D eigenvalue weighted by Crippen LogP contribution is -2.64. The van der Waals surface area contributed by atoms with Crippen LogP contribution < -0.4 is 4.74 Å². The lowest BCUT2D eigenvalue weighted by molar-refractivity contribution is -0.0880. The summed E-state index contributed by atoms with van der Waals surface area (Å²) in [5.41, 5.74) is 0.814. The fraction of sp³-hybridized carbons (Fsp3) is 0.700. The van der Waals surface area contributed by atoms with Crippen molar-refractivity contribution < 1.29 is 18.6 Å². The van der Waals surface area contributed by atoms with Crippen LogP contribution in [0.3, 0.4) is 0 Å². The van der Waals surface area contributed by atoms with Gasteiger partial charge in [0.2, 0.25) is 0 Å². The van der Waals surface area contributed by atoms with Crippen molar-refractivity contribution in [1.82, 2.24) is 9.80 Å². The van der Waals surface area contributed by atoms with Gasteiger partial charge in [-0.2, -0.15) is 8.78 Å². The number of alkyl halides is 2. The predicted octanol–water partition coefficient (Wildman–Crippen LogP) is 2.96. The Kier molecular flexibility index (Phi) is 5.43. The van der Waals surface area contributed by atoms with Gasteiger partial charge < -0.3 is 9.84 Å². The van der Waals surface area contributed by atoms with Gasteiger partial charge in [-0.1, -0.05) is 24.6 Å². The second-order valence-corrected chi connectivity index (χ2v) is 7.99. The SMILES string of the molecule is OC[C@H]1[C@H]2C[C@H](CN(Cc3ccccc3OC(F)F)C2)[C@@H]2CCCCN12. The van der Waals surface area contributed by atoms with Crippen LogP contribution in [0.15, 0.2) is 24.3 Å². The Morgan fingerprint density at radius 2 is 1.96 bits per heavy atom. The Balaban J connectivity index is 1.50. The number of aliphatic hydroxyl groups is 1. The molecule has 2 bridgehead atoms. The molecule has 0 amide bonds. The molecule has 3 fully saturated rings. The monoisotopic (exact) mass is 366 g/mol. The zero-order valence-electron chi connectivity index (χ0n) is 15.1. The van der Waals surface area contributed by atoms with Crippen molar-refractivity contribution in [2.24, 2.45) is 11.8 Å². The van der Waals surface area contributed by atoms with Gasteiger partial charge >= 0.3 is 6.61 Å². The van der Waals surface area contributed by atoms with Gasteiger partial charge in [-0.05, 0) is 43.7 Å². The highest BCUT2D eigenvalue weighted by atomic mass is 19.3. The molecule has 3 aliphatic rings. The van der Waals surface area contributed by atoms with Crippen molar-refractivity contribution in [2.75, 3.05) is 26.2 Å². The van der Waals surface area contributed by atoms with E-state index in [2.05, 4.69) is 9.80 Å². The molecule has 1 aromatic carbocycles. The standard InChI is InChI=1S/C20H28F2N2O2/c21-20(22)26-19-7-2-1-5-14(19)10-23-11-15-9-16(12-23)18(13-25)24-8-4-3-6-17(15)24/h1-2,5,7,15-18,20,25H,3-4,6,8-13H2/t15-,16+,17+,18+/m1/s1. The van der Waals surface area contributed by atoms with Crippen LogP contribution in [0.25, 0.3) is 0 Å². The fourth-order valence-corrected chi connectivity index (χ4v) is 5.47. The van der Waals surface area contributed by atoms with Gasteiger partial charge in [0, 0.05) is 37.3 Å². The average molecular weight is 366 g/mol. The van der Waals surface area contributed by atoms with Gasteiger partial charge in [-0.3, -0.25) is 9.80 Å². The summed E-state index contributed by atoms with van der Waals surface area (Å²) < 4.78 is 30.1. The summed E-state index contributed by atoms with van der Waals surface area (Å²) in [6.07, 6.45) is 4.89. The zero-order chi connectivity index (χ0) is 18.1. The summed E-state index contributed by atoms with van der Waals surface area (Å²) in [7, 11) is 0. The average Bonchev–Trinajstić information content (AvgIpc) is 2.63. The molecule has 26 heavy (non-hydrogen) atoms. The first-order chi connectivity index (χ1) is 12.7. The van der Waals surface area contributed by atoms with E-state index in [1.54, 1.807) is 12.1 Å². The Hall–Kier alpha value is -1.24. The number of hydrogen-bond acceptors (Lipinski definition) is 4. The maximum atomic E-state index is 12.7. The van der Waals surface area contributed by atoms with Crippen LogP contribution in [0.2, 0.25) is 0 Å². The van der Waals surface area contributed by atoms with Gasteiger partial charge in [0.1, 0.15) is 5.75 Å². The van der Waals surface area contributed by atoms with Crippen molar-refractivity contribution >= 4 is 0 Å². The number of rotatable bonds is 5. The van der Waals surface area contributed by atoms with E-state index in [0.717, 1.165) is 25.2 Å². The van der Waals surface area contributed by atoms with E-state index in [4.69, 9.17) is 4.74 Å². The second-order valence-electron chi connectivity index (χ2n) is 7.99. The van der Waals surface area contributed by atoms with E-state index >= 15 is 0 Å². The number of ether oxygens (including phenoxy) is 1. The maximum absolute atomic E-state index is 12.7. The summed E-state index contributed by atoms with van der Waals surface area (Å²) in [4.78, 5) is 4.94. The molecule has 4 rings (SSSR count). The first-order valence-corrected chi connectivity index (χ1v) is 9.77. The number of piperidine rings is 3. The van der Waals surface area contributed by atoms with Crippen molar-refractivity contribution in [3.8, 4) is 5.75 Å². The van der Waals surface area contributed by atoms with Gasteiger partial charge in [0.25, 0.3) is 0 Å². The van der Waals surface area contributed by atoms with Crippen molar-refractivity contribution in [2.45, 2.75) is 50.9 Å². The zero-order valence-corrected chi connectivity index (χ0v) is 15.1. The van der Waals surface area contributed by atoms with Gasteiger partial charge in [0.05, 0.1) is 6.61 Å². The third kappa shape index (κ3) is 3.59. The predicted molar refractivity (Wildman–Crippen MR) is 95.2 cm³/mol. The lowest BCUT2D eigenvalue weighted by atomic mass is 9.72. The van der Waals surface area contributed by atoms with Crippen LogP contribution in [0.1, 0.15) is 31.2 Å². The molecule has 144 valence electrons. The first-order valence-electron chi connectivity index (χ1n) is 9.77. The molecule has 0 saturated carbocycles. The van der Waals surface area contributed by atoms with E-state index in [-0.39, 0.29) is 18.4 Å². The number of aliphatic hydroxyl groups excluding tert-OH is 1. The molecule has 0 aromatic heterocycles. The molecular weight excluding hydrogens is 338 g/mol. The molecule has 0 radical (unpaired) electrons. The number of nitrogens with zero attached hydrogens (tertiary/aromatic N) is 2. The van der Waals surface area contributed by atoms with Crippen LogP contribution in [0.4, 0.5) is 8.78 Å². The van der Waals surface area contributed by atoms with Crippen molar-refractivity contribution in [3.63, 3.8) is 0 Å². The highest BCUT2D eigenvalue weighted by Crippen LogP contribution is 2.41.